The highest BCUT2D eigenvalue weighted by Gasteiger charge is 2.33. The van der Waals surface area contributed by atoms with Gasteiger partial charge in [-0.1, -0.05) is 0 Å². The maximum atomic E-state index is 12.5. The lowest BCUT2D eigenvalue weighted by Crippen LogP contribution is -2.28. The lowest BCUT2D eigenvalue weighted by Gasteiger charge is -2.16. The molecule has 0 spiro atoms. The van der Waals surface area contributed by atoms with Gasteiger partial charge in [0.1, 0.15) is 22.2 Å². The van der Waals surface area contributed by atoms with Crippen LogP contribution in [0.5, 0.6) is 0 Å². The Balaban J connectivity index is 2.25. The number of hydrogen-bond acceptors (Lipinski definition) is 5. The van der Waals surface area contributed by atoms with Gasteiger partial charge in [-0.2, -0.15) is 17.5 Å². The molecule has 23 heavy (non-hydrogen) atoms. The van der Waals surface area contributed by atoms with E-state index >= 15 is 0 Å². The summed E-state index contributed by atoms with van der Waals surface area (Å²) in [5.74, 6) is 1.02. The SMILES string of the molecule is Cc1nnc(CN(C)S(=O)(=O)c2ccc(C(F)(F)F)nc2)n1C. The van der Waals surface area contributed by atoms with Gasteiger partial charge in [0, 0.05) is 20.3 Å². The quantitative estimate of drug-likeness (QED) is 0.832. The number of aromatic nitrogens is 4. The van der Waals surface area contributed by atoms with E-state index in [1.807, 2.05) is 0 Å². The number of pyridine rings is 1. The lowest BCUT2D eigenvalue weighted by molar-refractivity contribution is -0.141. The summed E-state index contributed by atoms with van der Waals surface area (Å²) >= 11 is 0. The van der Waals surface area contributed by atoms with Crippen molar-refractivity contribution < 1.29 is 21.6 Å². The topological polar surface area (TPSA) is 81.0 Å². The van der Waals surface area contributed by atoms with E-state index in [4.69, 9.17) is 0 Å². The van der Waals surface area contributed by atoms with Crippen molar-refractivity contribution in [1.29, 1.82) is 0 Å². The molecule has 0 aliphatic rings. The van der Waals surface area contributed by atoms with Crippen molar-refractivity contribution in [3.05, 3.63) is 35.7 Å². The zero-order valence-electron chi connectivity index (χ0n) is 12.5. The average molecular weight is 349 g/mol. The van der Waals surface area contributed by atoms with Crippen LogP contribution in [0.2, 0.25) is 0 Å². The van der Waals surface area contributed by atoms with Gasteiger partial charge in [0.25, 0.3) is 0 Å². The van der Waals surface area contributed by atoms with Crippen LogP contribution < -0.4 is 0 Å². The molecule has 7 nitrogen and oxygen atoms in total. The van der Waals surface area contributed by atoms with Crippen LogP contribution >= 0.6 is 0 Å². The van der Waals surface area contributed by atoms with E-state index in [0.717, 1.165) is 10.4 Å². The third kappa shape index (κ3) is 3.50. The Hall–Kier alpha value is -2.01. The normalized spacial score (nSPS) is 12.8. The molecule has 0 fully saturated rings. The van der Waals surface area contributed by atoms with Crippen LogP contribution in [0.3, 0.4) is 0 Å². The molecule has 0 radical (unpaired) electrons. The van der Waals surface area contributed by atoms with Gasteiger partial charge in [-0.3, -0.25) is 4.98 Å². The van der Waals surface area contributed by atoms with Crippen molar-refractivity contribution in [1.82, 2.24) is 24.1 Å². The minimum Gasteiger partial charge on any atom is -0.317 e. The van der Waals surface area contributed by atoms with E-state index in [9.17, 15) is 21.6 Å². The number of nitrogens with zero attached hydrogens (tertiary/aromatic N) is 5. The molecule has 2 heterocycles. The molecule has 0 saturated carbocycles. The molecule has 0 N–H and O–H groups in total. The fraction of sp³-hybridized carbons (Fsp3) is 0.417. The highest BCUT2D eigenvalue weighted by Crippen LogP contribution is 2.28. The number of sulfonamides is 1. The molecule has 0 aromatic carbocycles. The predicted octanol–water partition coefficient (Wildman–Crippen LogP) is 1.36. The van der Waals surface area contributed by atoms with Gasteiger partial charge in [-0.25, -0.2) is 8.42 Å². The van der Waals surface area contributed by atoms with Gasteiger partial charge in [0.15, 0.2) is 0 Å². The lowest BCUT2D eigenvalue weighted by atomic mass is 10.3. The Morgan fingerprint density at radius 2 is 1.91 bits per heavy atom. The molecule has 2 aromatic heterocycles. The van der Waals surface area contributed by atoms with Crippen LogP contribution in [-0.4, -0.2) is 39.5 Å². The smallest absolute Gasteiger partial charge is 0.317 e. The van der Waals surface area contributed by atoms with Crippen LogP contribution in [0, 0.1) is 6.92 Å². The van der Waals surface area contributed by atoms with E-state index in [2.05, 4.69) is 15.2 Å². The first kappa shape index (κ1) is 17.3. The highest BCUT2D eigenvalue weighted by molar-refractivity contribution is 7.89. The van der Waals surface area contributed by atoms with Crippen molar-refractivity contribution in [3.8, 4) is 0 Å². The molecule has 0 atom stereocenters. The zero-order chi connectivity index (χ0) is 17.4. The third-order valence-electron chi connectivity index (χ3n) is 3.28. The van der Waals surface area contributed by atoms with Crippen molar-refractivity contribution in [2.75, 3.05) is 7.05 Å². The van der Waals surface area contributed by atoms with E-state index in [1.54, 1.807) is 18.5 Å². The maximum Gasteiger partial charge on any atom is 0.433 e. The molecule has 0 amide bonds. The number of halogens is 3. The van der Waals surface area contributed by atoms with E-state index in [1.165, 1.54) is 7.05 Å². The monoisotopic (exact) mass is 349 g/mol. The Bertz CT molecular complexity index is 799. The Labute approximate surface area is 130 Å². The van der Waals surface area contributed by atoms with Crippen molar-refractivity contribution >= 4 is 10.0 Å². The standard InChI is InChI=1S/C12H14F3N5O2S/c1-8-17-18-11(20(8)3)7-19(2)23(21,22)9-4-5-10(16-6-9)12(13,14)15/h4-6H,7H2,1-3H3. The molecule has 126 valence electrons. The average Bonchev–Trinajstić information content (AvgIpc) is 2.78. The first-order valence-electron chi connectivity index (χ1n) is 6.38. The van der Waals surface area contributed by atoms with Gasteiger partial charge < -0.3 is 4.57 Å². The molecular weight excluding hydrogens is 335 g/mol. The second-order valence-corrected chi connectivity index (χ2v) is 6.91. The molecule has 0 saturated heterocycles. The summed E-state index contributed by atoms with van der Waals surface area (Å²) in [7, 11) is -0.997. The fourth-order valence-electron chi connectivity index (χ4n) is 1.75. The summed E-state index contributed by atoms with van der Waals surface area (Å²) in [4.78, 5) is 2.84. The third-order valence-corrected chi connectivity index (χ3v) is 5.07. The summed E-state index contributed by atoms with van der Waals surface area (Å²) in [5, 5.41) is 7.67. The maximum absolute atomic E-state index is 12.5. The van der Waals surface area contributed by atoms with Crippen molar-refractivity contribution in [2.45, 2.75) is 24.5 Å². The molecule has 2 rings (SSSR count). The molecule has 0 aliphatic carbocycles. The number of rotatable bonds is 4. The van der Waals surface area contributed by atoms with Crippen LogP contribution in [0.4, 0.5) is 13.2 Å². The number of aryl methyl sites for hydroxylation is 1. The van der Waals surface area contributed by atoms with Gasteiger partial charge in [0.05, 0.1) is 6.54 Å². The molecule has 0 bridgehead atoms. The molecular formula is C12H14F3N5O2S. The zero-order valence-corrected chi connectivity index (χ0v) is 13.4. The first-order valence-corrected chi connectivity index (χ1v) is 7.82. The second-order valence-electron chi connectivity index (χ2n) is 4.86. The number of hydrogen-bond donors (Lipinski definition) is 0. The van der Waals surface area contributed by atoms with E-state index in [0.29, 0.717) is 23.9 Å². The summed E-state index contributed by atoms with van der Waals surface area (Å²) in [6, 6.07) is 1.51. The molecule has 0 unspecified atom stereocenters. The molecule has 11 heteroatoms. The Morgan fingerprint density at radius 1 is 1.26 bits per heavy atom. The van der Waals surface area contributed by atoms with Crippen LogP contribution in [0.25, 0.3) is 0 Å². The Morgan fingerprint density at radius 3 is 2.35 bits per heavy atom. The first-order chi connectivity index (χ1) is 10.5. The van der Waals surface area contributed by atoms with Crippen molar-refractivity contribution in [3.63, 3.8) is 0 Å². The van der Waals surface area contributed by atoms with Crippen LogP contribution in [0.1, 0.15) is 17.3 Å². The summed E-state index contributed by atoms with van der Waals surface area (Å²) in [6.07, 6.45) is -3.93. The van der Waals surface area contributed by atoms with Gasteiger partial charge in [-0.15, -0.1) is 10.2 Å². The predicted molar refractivity (Wildman–Crippen MR) is 73.6 cm³/mol. The summed E-state index contributed by atoms with van der Waals surface area (Å²) in [5.41, 5.74) is -1.15. The van der Waals surface area contributed by atoms with Gasteiger partial charge >= 0.3 is 6.18 Å². The molecule has 2 aromatic rings. The Kier molecular flexibility index (Phi) is 4.44. The summed E-state index contributed by atoms with van der Waals surface area (Å²) in [6.45, 7) is 1.64. The van der Waals surface area contributed by atoms with Crippen LogP contribution in [0.15, 0.2) is 23.2 Å². The van der Waals surface area contributed by atoms with Gasteiger partial charge in [0.2, 0.25) is 10.0 Å². The second kappa shape index (κ2) is 5.89. The minimum absolute atomic E-state index is 0.0688. The highest BCUT2D eigenvalue weighted by atomic mass is 32.2. The number of alkyl halides is 3. The molecule has 0 aliphatic heterocycles. The minimum atomic E-state index is -4.62. The van der Waals surface area contributed by atoms with Crippen LogP contribution in [-0.2, 0) is 29.8 Å². The van der Waals surface area contributed by atoms with Crippen molar-refractivity contribution in [2.24, 2.45) is 7.05 Å². The van der Waals surface area contributed by atoms with E-state index in [-0.39, 0.29) is 11.4 Å². The fourth-order valence-corrected chi connectivity index (χ4v) is 2.82. The largest absolute Gasteiger partial charge is 0.433 e. The summed E-state index contributed by atoms with van der Waals surface area (Å²) < 4.78 is 64.7. The van der Waals surface area contributed by atoms with Gasteiger partial charge in [-0.05, 0) is 19.1 Å². The van der Waals surface area contributed by atoms with E-state index < -0.39 is 21.9 Å².